The first-order chi connectivity index (χ1) is 8.35. The summed E-state index contributed by atoms with van der Waals surface area (Å²) in [5.74, 6) is 1.13. The van der Waals surface area contributed by atoms with Gasteiger partial charge in [-0.1, -0.05) is 60.8 Å². The Hall–Kier alpha value is 0.220. The lowest BCUT2D eigenvalue weighted by Crippen LogP contribution is -3.00. The first-order valence-electron chi connectivity index (χ1n) is 5.54. The fourth-order valence-electron chi connectivity index (χ4n) is 1.60. The van der Waals surface area contributed by atoms with Gasteiger partial charge in [0, 0.05) is 6.07 Å². The zero-order valence-electron chi connectivity index (χ0n) is 10.4. The molecule has 4 heteroatoms. The van der Waals surface area contributed by atoms with Crippen LogP contribution < -0.4 is 24.0 Å². The summed E-state index contributed by atoms with van der Waals surface area (Å²) in [6.07, 6.45) is 2.15. The molecule has 0 saturated carbocycles. The minimum Gasteiger partial charge on any atom is -1.00 e. The molecule has 0 amide bonds. The van der Waals surface area contributed by atoms with Crippen molar-refractivity contribution in [1.29, 1.82) is 0 Å². The maximum Gasteiger partial charge on any atom is 0.273 e. The molecule has 96 valence electrons. The summed E-state index contributed by atoms with van der Waals surface area (Å²) < 4.78 is 2.80. The topological polar surface area (TPSA) is 0 Å². The van der Waals surface area contributed by atoms with Crippen molar-refractivity contribution in [3.05, 3.63) is 42.5 Å². The monoisotopic (exact) mass is 406 g/mol. The van der Waals surface area contributed by atoms with Gasteiger partial charge in [-0.25, -0.2) is 0 Å². The van der Waals surface area contributed by atoms with Crippen LogP contribution in [0, 0.1) is 0 Å². The van der Waals surface area contributed by atoms with E-state index in [0.29, 0.717) is 0 Å². The Morgan fingerprint density at radius 3 is 2.39 bits per heavy atom. The Morgan fingerprint density at radius 2 is 1.78 bits per heavy atom. The first kappa shape index (κ1) is 16.3. The molecule has 1 heterocycles. The fourth-order valence-corrected chi connectivity index (χ4v) is 4.67. The molecule has 0 bridgehead atoms. The summed E-state index contributed by atoms with van der Waals surface area (Å²) in [7, 11) is 0. The SMILES string of the molecule is CCSc1ccc(-c2ccccc2)c(SC)[s+]1.[I-]. The van der Waals surface area contributed by atoms with Gasteiger partial charge in [0.1, 0.15) is 0 Å². The lowest BCUT2D eigenvalue weighted by molar-refractivity contribution is -0.00000332. The lowest BCUT2D eigenvalue weighted by Gasteiger charge is -2.00. The molecule has 2 aromatic rings. The van der Waals surface area contributed by atoms with Gasteiger partial charge in [0.05, 0.1) is 5.56 Å². The van der Waals surface area contributed by atoms with E-state index in [-0.39, 0.29) is 24.0 Å². The van der Waals surface area contributed by atoms with Crippen molar-refractivity contribution in [2.24, 2.45) is 0 Å². The third-order valence-corrected chi connectivity index (χ3v) is 5.75. The van der Waals surface area contributed by atoms with Crippen LogP contribution in [0.1, 0.15) is 6.92 Å². The van der Waals surface area contributed by atoms with E-state index in [1.807, 2.05) is 34.9 Å². The average molecular weight is 406 g/mol. The molecular weight excluding hydrogens is 391 g/mol. The van der Waals surface area contributed by atoms with Crippen molar-refractivity contribution in [1.82, 2.24) is 0 Å². The van der Waals surface area contributed by atoms with Crippen molar-refractivity contribution in [2.45, 2.75) is 15.3 Å². The Bertz CT molecular complexity index is 486. The summed E-state index contributed by atoms with van der Waals surface area (Å²) in [6.45, 7) is 2.20. The van der Waals surface area contributed by atoms with Gasteiger partial charge in [-0.3, -0.25) is 0 Å². The first-order valence-corrected chi connectivity index (χ1v) is 8.57. The van der Waals surface area contributed by atoms with Gasteiger partial charge in [0.2, 0.25) is 11.3 Å². The number of thioether (sulfide) groups is 2. The van der Waals surface area contributed by atoms with Crippen LogP contribution in [0.3, 0.4) is 0 Å². The molecule has 0 aliphatic carbocycles. The van der Waals surface area contributed by atoms with E-state index >= 15 is 0 Å². The minimum absolute atomic E-state index is 0. The average Bonchev–Trinajstić information content (AvgIpc) is 2.40. The van der Waals surface area contributed by atoms with Crippen LogP contribution in [0.25, 0.3) is 11.1 Å². The summed E-state index contributed by atoms with van der Waals surface area (Å²) in [4.78, 5) is 0. The summed E-state index contributed by atoms with van der Waals surface area (Å²) in [5, 5.41) is 0. The van der Waals surface area contributed by atoms with E-state index in [1.54, 1.807) is 0 Å². The molecule has 0 spiro atoms. The standard InChI is InChI=1S/C14H15S3.HI/c1-3-16-13-10-9-12(14(15-2)17-13)11-7-5-4-6-8-11;/h4-10H,3H2,1-2H3;1H/q+1;/p-1. The van der Waals surface area contributed by atoms with Gasteiger partial charge < -0.3 is 24.0 Å². The van der Waals surface area contributed by atoms with Crippen LogP contribution in [0.15, 0.2) is 50.9 Å². The van der Waals surface area contributed by atoms with Crippen molar-refractivity contribution < 1.29 is 24.0 Å². The van der Waals surface area contributed by atoms with E-state index in [9.17, 15) is 0 Å². The number of halogens is 1. The molecule has 0 aliphatic rings. The second-order valence-corrected chi connectivity index (χ2v) is 7.15. The molecule has 0 fully saturated rings. The summed E-state index contributed by atoms with van der Waals surface area (Å²) in [6, 6.07) is 15.1. The van der Waals surface area contributed by atoms with E-state index in [0.717, 1.165) is 5.75 Å². The molecule has 0 atom stereocenters. The molecule has 1 aromatic carbocycles. The Morgan fingerprint density at radius 1 is 1.06 bits per heavy atom. The minimum atomic E-state index is 0. The highest BCUT2D eigenvalue weighted by Gasteiger charge is 2.17. The second-order valence-electron chi connectivity index (χ2n) is 3.46. The molecule has 2 rings (SSSR count). The van der Waals surface area contributed by atoms with E-state index in [2.05, 4.69) is 55.6 Å². The third kappa shape index (κ3) is 4.11. The predicted molar refractivity (Wildman–Crippen MR) is 82.3 cm³/mol. The highest BCUT2D eigenvalue weighted by molar-refractivity contribution is 8.03. The van der Waals surface area contributed by atoms with Crippen LogP contribution in [0.5, 0.6) is 0 Å². The maximum absolute atomic E-state index is 2.25. The van der Waals surface area contributed by atoms with Crippen LogP contribution in [0.2, 0.25) is 0 Å². The largest absolute Gasteiger partial charge is 1.00 e. The van der Waals surface area contributed by atoms with E-state index < -0.39 is 0 Å². The number of hydrogen-bond donors (Lipinski definition) is 0. The van der Waals surface area contributed by atoms with Gasteiger partial charge >= 0.3 is 0 Å². The zero-order chi connectivity index (χ0) is 12.1. The zero-order valence-corrected chi connectivity index (χ0v) is 15.0. The Labute approximate surface area is 139 Å². The van der Waals surface area contributed by atoms with Crippen LogP contribution in [0.4, 0.5) is 0 Å². The molecule has 0 radical (unpaired) electrons. The van der Waals surface area contributed by atoms with Gasteiger partial charge in [0.25, 0.3) is 8.42 Å². The molecule has 0 saturated heterocycles. The van der Waals surface area contributed by atoms with E-state index in [4.69, 9.17) is 0 Å². The smallest absolute Gasteiger partial charge is 0.273 e. The highest BCUT2D eigenvalue weighted by atomic mass is 127. The van der Waals surface area contributed by atoms with Crippen molar-refractivity contribution in [2.75, 3.05) is 12.0 Å². The molecule has 18 heavy (non-hydrogen) atoms. The Kier molecular flexibility index (Phi) is 7.60. The Balaban J connectivity index is 0.00000162. The number of rotatable bonds is 4. The van der Waals surface area contributed by atoms with Crippen molar-refractivity contribution in [3.63, 3.8) is 0 Å². The summed E-state index contributed by atoms with van der Waals surface area (Å²) >= 11 is 5.64. The fraction of sp³-hybridized carbons (Fsp3) is 0.214. The van der Waals surface area contributed by atoms with Crippen molar-refractivity contribution >= 4 is 34.9 Å². The van der Waals surface area contributed by atoms with Gasteiger partial charge in [-0.2, -0.15) is 0 Å². The lowest BCUT2D eigenvalue weighted by atomic mass is 10.1. The molecule has 0 aliphatic heterocycles. The molecule has 0 N–H and O–H groups in total. The van der Waals surface area contributed by atoms with Crippen LogP contribution >= 0.6 is 34.9 Å². The number of hydrogen-bond acceptors (Lipinski definition) is 2. The van der Waals surface area contributed by atoms with Gasteiger partial charge in [-0.15, -0.1) is 0 Å². The van der Waals surface area contributed by atoms with Crippen molar-refractivity contribution in [3.8, 4) is 11.1 Å². The normalized spacial score (nSPS) is 9.89. The molecule has 0 unspecified atom stereocenters. The number of benzene rings is 1. The maximum atomic E-state index is 2.25. The quantitative estimate of drug-likeness (QED) is 0.435. The molecule has 0 nitrogen and oxygen atoms in total. The van der Waals surface area contributed by atoms with Gasteiger partial charge in [-0.05, 0) is 23.6 Å². The van der Waals surface area contributed by atoms with Crippen LogP contribution in [-0.4, -0.2) is 12.0 Å². The third-order valence-electron chi connectivity index (χ3n) is 2.36. The second kappa shape index (κ2) is 8.40. The molecular formula is C14H15IS3. The van der Waals surface area contributed by atoms with Gasteiger partial charge in [0.15, 0.2) is 0 Å². The van der Waals surface area contributed by atoms with Crippen LogP contribution in [-0.2, 0) is 0 Å². The van der Waals surface area contributed by atoms with E-state index in [1.165, 1.54) is 19.5 Å². The molecule has 1 aromatic heterocycles. The predicted octanol–water partition coefficient (Wildman–Crippen LogP) is 2.53. The summed E-state index contributed by atoms with van der Waals surface area (Å²) in [5.41, 5.74) is 2.66. The highest BCUT2D eigenvalue weighted by Crippen LogP contribution is 2.38.